The van der Waals surface area contributed by atoms with Crippen LogP contribution in [0.2, 0.25) is 5.02 Å². The molecule has 0 atom stereocenters. The molecule has 2 aromatic carbocycles. The zero-order valence-electron chi connectivity index (χ0n) is 11.1. The SMILES string of the molecule is N#Cc1ccc(NCc2cc(Br)cc3c2OCC3)c(Cl)c1. The number of nitrogens with zero attached hydrogens (tertiary/aromatic N) is 1. The highest BCUT2D eigenvalue weighted by molar-refractivity contribution is 9.10. The van der Waals surface area contributed by atoms with E-state index in [2.05, 4.69) is 39.4 Å². The molecule has 0 radical (unpaired) electrons. The summed E-state index contributed by atoms with van der Waals surface area (Å²) in [6, 6.07) is 11.4. The summed E-state index contributed by atoms with van der Waals surface area (Å²) in [7, 11) is 0. The van der Waals surface area contributed by atoms with Crippen LogP contribution in [0.25, 0.3) is 0 Å². The van der Waals surface area contributed by atoms with E-state index in [0.29, 0.717) is 17.1 Å². The van der Waals surface area contributed by atoms with Crippen molar-refractivity contribution in [2.75, 3.05) is 11.9 Å². The number of benzene rings is 2. The van der Waals surface area contributed by atoms with Gasteiger partial charge in [0.25, 0.3) is 0 Å². The Hall–Kier alpha value is -1.70. The van der Waals surface area contributed by atoms with E-state index in [-0.39, 0.29) is 0 Å². The summed E-state index contributed by atoms with van der Waals surface area (Å²) >= 11 is 9.70. The van der Waals surface area contributed by atoms with Crippen molar-refractivity contribution in [3.63, 3.8) is 0 Å². The quantitative estimate of drug-likeness (QED) is 0.872. The Morgan fingerprint density at radius 3 is 2.95 bits per heavy atom. The first-order valence-corrected chi connectivity index (χ1v) is 7.72. The molecular formula is C16H12BrClN2O. The first-order valence-electron chi connectivity index (χ1n) is 6.55. The van der Waals surface area contributed by atoms with E-state index in [4.69, 9.17) is 21.6 Å². The highest BCUT2D eigenvalue weighted by Crippen LogP contribution is 2.34. The molecule has 21 heavy (non-hydrogen) atoms. The Labute approximate surface area is 136 Å². The first kappa shape index (κ1) is 14.2. The molecule has 0 unspecified atom stereocenters. The first-order chi connectivity index (χ1) is 10.2. The van der Waals surface area contributed by atoms with Gasteiger partial charge in [0, 0.05) is 23.0 Å². The lowest BCUT2D eigenvalue weighted by Gasteiger charge is -2.12. The molecule has 106 valence electrons. The number of halogens is 2. The molecule has 0 bridgehead atoms. The predicted molar refractivity (Wildman–Crippen MR) is 86.8 cm³/mol. The number of rotatable bonds is 3. The van der Waals surface area contributed by atoms with Crippen LogP contribution in [0.3, 0.4) is 0 Å². The lowest BCUT2D eigenvalue weighted by molar-refractivity contribution is 0.354. The van der Waals surface area contributed by atoms with Gasteiger partial charge in [-0.05, 0) is 35.9 Å². The van der Waals surface area contributed by atoms with Crippen LogP contribution in [0.4, 0.5) is 5.69 Å². The third kappa shape index (κ3) is 2.99. The van der Waals surface area contributed by atoms with E-state index in [0.717, 1.165) is 34.5 Å². The standard InChI is InChI=1S/C16H12BrClN2O/c17-13-6-11-3-4-21-16(11)12(7-13)9-20-15-2-1-10(8-19)5-14(15)18/h1-2,5-7,20H,3-4,9H2. The van der Waals surface area contributed by atoms with Gasteiger partial charge >= 0.3 is 0 Å². The minimum absolute atomic E-state index is 0.543. The zero-order valence-corrected chi connectivity index (χ0v) is 13.5. The zero-order chi connectivity index (χ0) is 14.8. The van der Waals surface area contributed by atoms with E-state index in [1.807, 2.05) is 6.07 Å². The number of hydrogen-bond donors (Lipinski definition) is 1. The van der Waals surface area contributed by atoms with Crippen LogP contribution < -0.4 is 10.1 Å². The molecule has 2 aromatic rings. The second kappa shape index (κ2) is 5.97. The molecular weight excluding hydrogens is 352 g/mol. The molecule has 3 nitrogen and oxygen atoms in total. The largest absolute Gasteiger partial charge is 0.493 e. The predicted octanol–water partition coefficient (Wildman–Crippen LogP) is 4.52. The van der Waals surface area contributed by atoms with E-state index < -0.39 is 0 Å². The fraction of sp³-hybridized carbons (Fsp3) is 0.188. The summed E-state index contributed by atoms with van der Waals surface area (Å²) < 4.78 is 6.75. The molecule has 5 heteroatoms. The van der Waals surface area contributed by atoms with E-state index in [9.17, 15) is 0 Å². The monoisotopic (exact) mass is 362 g/mol. The van der Waals surface area contributed by atoms with Gasteiger partial charge in [-0.3, -0.25) is 0 Å². The highest BCUT2D eigenvalue weighted by atomic mass is 79.9. The highest BCUT2D eigenvalue weighted by Gasteiger charge is 2.17. The van der Waals surface area contributed by atoms with Crippen LogP contribution in [-0.2, 0) is 13.0 Å². The Bertz CT molecular complexity index is 740. The van der Waals surface area contributed by atoms with Gasteiger partial charge in [0.2, 0.25) is 0 Å². The normalized spacial score (nSPS) is 12.4. The summed E-state index contributed by atoms with van der Waals surface area (Å²) in [5, 5.41) is 12.7. The maximum atomic E-state index is 8.85. The minimum atomic E-state index is 0.543. The van der Waals surface area contributed by atoms with Gasteiger partial charge in [-0.25, -0.2) is 0 Å². The maximum absolute atomic E-state index is 8.85. The number of nitriles is 1. The van der Waals surface area contributed by atoms with Crippen LogP contribution in [-0.4, -0.2) is 6.61 Å². The lowest BCUT2D eigenvalue weighted by Crippen LogP contribution is -2.02. The van der Waals surface area contributed by atoms with Crippen molar-refractivity contribution >= 4 is 33.2 Å². The van der Waals surface area contributed by atoms with Gasteiger partial charge in [-0.1, -0.05) is 27.5 Å². The number of anilines is 1. The van der Waals surface area contributed by atoms with E-state index in [1.165, 1.54) is 5.56 Å². The molecule has 1 heterocycles. The van der Waals surface area contributed by atoms with Gasteiger partial charge in [0.15, 0.2) is 0 Å². The van der Waals surface area contributed by atoms with Crippen molar-refractivity contribution in [1.82, 2.24) is 0 Å². The summed E-state index contributed by atoms with van der Waals surface area (Å²) in [6.07, 6.45) is 0.944. The summed E-state index contributed by atoms with van der Waals surface area (Å²) in [5.74, 6) is 0.968. The number of fused-ring (bicyclic) bond motifs is 1. The van der Waals surface area contributed by atoms with E-state index >= 15 is 0 Å². The Morgan fingerprint density at radius 2 is 2.19 bits per heavy atom. The Morgan fingerprint density at radius 1 is 1.33 bits per heavy atom. The van der Waals surface area contributed by atoms with Gasteiger partial charge in [-0.15, -0.1) is 0 Å². The number of ether oxygens (including phenoxy) is 1. The number of hydrogen-bond acceptors (Lipinski definition) is 3. The van der Waals surface area contributed by atoms with Crippen LogP contribution in [0, 0.1) is 11.3 Å². The number of nitrogens with one attached hydrogen (secondary N) is 1. The lowest BCUT2D eigenvalue weighted by atomic mass is 10.1. The molecule has 1 N–H and O–H groups in total. The third-order valence-corrected chi connectivity index (χ3v) is 4.16. The second-order valence-electron chi connectivity index (χ2n) is 4.81. The molecule has 0 amide bonds. The summed E-state index contributed by atoms with van der Waals surface area (Å²) in [5.41, 5.74) is 3.68. The van der Waals surface area contributed by atoms with Crippen molar-refractivity contribution < 1.29 is 4.74 Å². The molecule has 1 aliphatic heterocycles. The van der Waals surface area contributed by atoms with Crippen LogP contribution >= 0.6 is 27.5 Å². The molecule has 0 spiro atoms. The minimum Gasteiger partial charge on any atom is -0.493 e. The van der Waals surface area contributed by atoms with Crippen molar-refractivity contribution in [2.24, 2.45) is 0 Å². The molecule has 0 aromatic heterocycles. The van der Waals surface area contributed by atoms with Crippen molar-refractivity contribution in [2.45, 2.75) is 13.0 Å². The van der Waals surface area contributed by atoms with Crippen molar-refractivity contribution in [1.29, 1.82) is 5.26 Å². The molecule has 3 rings (SSSR count). The third-order valence-electron chi connectivity index (χ3n) is 3.39. The summed E-state index contributed by atoms with van der Waals surface area (Å²) in [6.45, 7) is 1.35. The molecule has 0 fully saturated rings. The topological polar surface area (TPSA) is 45.0 Å². The van der Waals surface area contributed by atoms with E-state index in [1.54, 1.807) is 12.1 Å². The van der Waals surface area contributed by atoms with Crippen LogP contribution in [0.15, 0.2) is 34.8 Å². The van der Waals surface area contributed by atoms with Gasteiger partial charge in [-0.2, -0.15) is 5.26 Å². The fourth-order valence-corrected chi connectivity index (χ4v) is 3.20. The average Bonchev–Trinajstić information content (AvgIpc) is 2.93. The molecule has 0 saturated heterocycles. The van der Waals surface area contributed by atoms with Crippen molar-refractivity contribution in [3.8, 4) is 11.8 Å². The smallest absolute Gasteiger partial charge is 0.127 e. The Balaban J connectivity index is 1.81. The average molecular weight is 364 g/mol. The molecule has 0 saturated carbocycles. The molecule has 0 aliphatic carbocycles. The Kier molecular flexibility index (Phi) is 4.05. The fourth-order valence-electron chi connectivity index (χ4n) is 2.40. The van der Waals surface area contributed by atoms with Crippen molar-refractivity contribution in [3.05, 3.63) is 56.5 Å². The van der Waals surface area contributed by atoms with Crippen LogP contribution in [0.1, 0.15) is 16.7 Å². The van der Waals surface area contributed by atoms with Gasteiger partial charge in [0.05, 0.1) is 28.9 Å². The summed E-state index contributed by atoms with van der Waals surface area (Å²) in [4.78, 5) is 0. The second-order valence-corrected chi connectivity index (χ2v) is 6.13. The van der Waals surface area contributed by atoms with Crippen LogP contribution in [0.5, 0.6) is 5.75 Å². The molecule has 1 aliphatic rings. The maximum Gasteiger partial charge on any atom is 0.127 e. The van der Waals surface area contributed by atoms with Gasteiger partial charge in [0.1, 0.15) is 5.75 Å². The van der Waals surface area contributed by atoms with Gasteiger partial charge < -0.3 is 10.1 Å².